The lowest BCUT2D eigenvalue weighted by Crippen LogP contribution is -2.36. The molecule has 0 aromatic rings. The lowest BCUT2D eigenvalue weighted by molar-refractivity contribution is 0.0975. The maximum absolute atomic E-state index is 11.0. The third-order valence-corrected chi connectivity index (χ3v) is 1.82. The molecule has 1 rings (SSSR count). The van der Waals surface area contributed by atoms with Crippen LogP contribution in [0.3, 0.4) is 0 Å². The third-order valence-electron chi connectivity index (χ3n) is 1.82. The van der Waals surface area contributed by atoms with Crippen molar-refractivity contribution in [1.82, 2.24) is 4.90 Å². The third kappa shape index (κ3) is 2.38. The first kappa shape index (κ1) is 8.33. The zero-order chi connectivity index (χ0) is 8.10. The summed E-state index contributed by atoms with van der Waals surface area (Å²) < 4.78 is 4.65. The van der Waals surface area contributed by atoms with Crippen LogP contribution < -0.4 is 5.73 Å². The minimum absolute atomic E-state index is 0.0185. The number of rotatable bonds is 1. The largest absolute Gasteiger partial charge is 0.434 e. The van der Waals surface area contributed by atoms with Gasteiger partial charge in [-0.15, -0.1) is 0 Å². The summed E-state index contributed by atoms with van der Waals surface area (Å²) in [6.45, 7) is 1.62. The number of likely N-dealkylation sites (tertiary alicyclic amines) is 1. The lowest BCUT2D eigenvalue weighted by Gasteiger charge is -2.25. The molecule has 0 aliphatic carbocycles. The molecule has 64 valence electrons. The van der Waals surface area contributed by atoms with E-state index in [2.05, 4.69) is 4.74 Å². The molecule has 4 heteroatoms. The van der Waals surface area contributed by atoms with Gasteiger partial charge in [0.15, 0.2) is 0 Å². The summed E-state index contributed by atoms with van der Waals surface area (Å²) in [7, 11) is 0. The number of hydrogen-bond acceptors (Lipinski definition) is 3. The summed E-state index contributed by atoms with van der Waals surface area (Å²) in [5.41, 5.74) is 5.07. The standard InChI is InChI=1S/C7H14N2O2/c8-6-11-7(10)9-4-2-1-3-5-9/h1-6,8H2. The van der Waals surface area contributed by atoms with E-state index in [1.54, 1.807) is 4.90 Å². The van der Waals surface area contributed by atoms with E-state index in [9.17, 15) is 4.79 Å². The molecule has 0 saturated carbocycles. The van der Waals surface area contributed by atoms with Crippen molar-refractivity contribution in [3.63, 3.8) is 0 Å². The maximum atomic E-state index is 11.0. The highest BCUT2D eigenvalue weighted by Crippen LogP contribution is 2.09. The molecule has 1 saturated heterocycles. The molecule has 0 atom stereocenters. The second-order valence-electron chi connectivity index (χ2n) is 2.62. The van der Waals surface area contributed by atoms with Crippen molar-refractivity contribution in [2.24, 2.45) is 5.73 Å². The number of piperidine rings is 1. The van der Waals surface area contributed by atoms with Crippen molar-refractivity contribution in [1.29, 1.82) is 0 Å². The molecule has 1 aliphatic rings. The lowest BCUT2D eigenvalue weighted by atomic mass is 10.1. The van der Waals surface area contributed by atoms with Gasteiger partial charge in [0.2, 0.25) is 0 Å². The second-order valence-corrected chi connectivity index (χ2v) is 2.62. The van der Waals surface area contributed by atoms with Gasteiger partial charge in [0.1, 0.15) is 6.73 Å². The van der Waals surface area contributed by atoms with E-state index >= 15 is 0 Å². The Morgan fingerprint density at radius 3 is 2.55 bits per heavy atom. The Kier molecular flexibility index (Phi) is 3.16. The fourth-order valence-corrected chi connectivity index (χ4v) is 1.24. The van der Waals surface area contributed by atoms with Crippen LogP contribution in [0.1, 0.15) is 19.3 Å². The van der Waals surface area contributed by atoms with Crippen LogP contribution in [-0.2, 0) is 4.74 Å². The first-order valence-corrected chi connectivity index (χ1v) is 3.96. The molecule has 1 fully saturated rings. The van der Waals surface area contributed by atoms with Gasteiger partial charge < -0.3 is 9.64 Å². The fourth-order valence-electron chi connectivity index (χ4n) is 1.24. The monoisotopic (exact) mass is 158 g/mol. The molecule has 0 aromatic carbocycles. The van der Waals surface area contributed by atoms with Crippen LogP contribution in [0.25, 0.3) is 0 Å². The van der Waals surface area contributed by atoms with Crippen LogP contribution in [0.2, 0.25) is 0 Å². The summed E-state index contributed by atoms with van der Waals surface area (Å²) in [4.78, 5) is 12.7. The topological polar surface area (TPSA) is 55.6 Å². The van der Waals surface area contributed by atoms with Gasteiger partial charge in [0, 0.05) is 13.1 Å². The van der Waals surface area contributed by atoms with Crippen molar-refractivity contribution < 1.29 is 9.53 Å². The van der Waals surface area contributed by atoms with Gasteiger partial charge >= 0.3 is 6.09 Å². The number of nitrogens with zero attached hydrogens (tertiary/aromatic N) is 1. The van der Waals surface area contributed by atoms with Crippen molar-refractivity contribution in [3.05, 3.63) is 0 Å². The van der Waals surface area contributed by atoms with Gasteiger partial charge in [-0.2, -0.15) is 0 Å². The summed E-state index contributed by atoms with van der Waals surface area (Å²) in [5, 5.41) is 0. The quantitative estimate of drug-likeness (QED) is 0.566. The van der Waals surface area contributed by atoms with Gasteiger partial charge in [-0.05, 0) is 19.3 Å². The molecule has 11 heavy (non-hydrogen) atoms. The second kappa shape index (κ2) is 4.18. The minimum Gasteiger partial charge on any atom is -0.434 e. The molecule has 0 spiro atoms. The maximum Gasteiger partial charge on any atom is 0.411 e. The highest BCUT2D eigenvalue weighted by molar-refractivity contribution is 5.67. The Bertz CT molecular complexity index is 132. The van der Waals surface area contributed by atoms with E-state index in [0.717, 1.165) is 25.9 Å². The Labute approximate surface area is 66.3 Å². The van der Waals surface area contributed by atoms with Gasteiger partial charge in [-0.1, -0.05) is 0 Å². The number of hydrogen-bond donors (Lipinski definition) is 1. The van der Waals surface area contributed by atoms with E-state index in [0.29, 0.717) is 0 Å². The van der Waals surface area contributed by atoms with Crippen LogP contribution in [0, 0.1) is 0 Å². The number of carbonyl (C=O) groups is 1. The molecule has 0 unspecified atom stereocenters. The van der Waals surface area contributed by atoms with Gasteiger partial charge in [0.25, 0.3) is 0 Å². The average Bonchev–Trinajstić information content (AvgIpc) is 2.07. The Morgan fingerprint density at radius 1 is 1.36 bits per heavy atom. The van der Waals surface area contributed by atoms with E-state index in [-0.39, 0.29) is 12.8 Å². The summed E-state index contributed by atoms with van der Waals surface area (Å²) in [6, 6.07) is 0. The van der Waals surface area contributed by atoms with Crippen molar-refractivity contribution in [2.45, 2.75) is 19.3 Å². The average molecular weight is 158 g/mol. The SMILES string of the molecule is NCOC(=O)N1CCCCC1. The van der Waals surface area contributed by atoms with Crippen LogP contribution in [0.5, 0.6) is 0 Å². The zero-order valence-corrected chi connectivity index (χ0v) is 6.58. The number of carbonyl (C=O) groups excluding carboxylic acids is 1. The Hall–Kier alpha value is -0.770. The predicted molar refractivity (Wildman–Crippen MR) is 41.0 cm³/mol. The zero-order valence-electron chi connectivity index (χ0n) is 6.58. The molecular weight excluding hydrogens is 144 g/mol. The number of nitrogens with two attached hydrogens (primary N) is 1. The van der Waals surface area contributed by atoms with Crippen molar-refractivity contribution in [3.8, 4) is 0 Å². The van der Waals surface area contributed by atoms with Crippen molar-refractivity contribution >= 4 is 6.09 Å². The normalized spacial score (nSPS) is 18.1. The Balaban J connectivity index is 2.27. The van der Waals surface area contributed by atoms with Crippen LogP contribution in [-0.4, -0.2) is 30.8 Å². The Morgan fingerprint density at radius 2 is 2.00 bits per heavy atom. The van der Waals surface area contributed by atoms with E-state index in [1.807, 2.05) is 0 Å². The van der Waals surface area contributed by atoms with Crippen LogP contribution in [0.4, 0.5) is 4.79 Å². The van der Waals surface area contributed by atoms with Crippen molar-refractivity contribution in [2.75, 3.05) is 19.8 Å². The fraction of sp³-hybridized carbons (Fsp3) is 0.857. The van der Waals surface area contributed by atoms with Gasteiger partial charge in [0.05, 0.1) is 0 Å². The summed E-state index contributed by atoms with van der Waals surface area (Å²) in [5.74, 6) is 0. The highest BCUT2D eigenvalue weighted by Gasteiger charge is 2.16. The van der Waals surface area contributed by atoms with E-state index in [1.165, 1.54) is 6.42 Å². The molecule has 0 bridgehead atoms. The van der Waals surface area contributed by atoms with E-state index < -0.39 is 0 Å². The summed E-state index contributed by atoms with van der Waals surface area (Å²) >= 11 is 0. The van der Waals surface area contributed by atoms with Crippen LogP contribution in [0.15, 0.2) is 0 Å². The molecule has 1 amide bonds. The molecule has 2 N–H and O–H groups in total. The summed E-state index contributed by atoms with van der Waals surface area (Å²) in [6.07, 6.45) is 3.11. The molecule has 4 nitrogen and oxygen atoms in total. The first-order valence-electron chi connectivity index (χ1n) is 3.96. The highest BCUT2D eigenvalue weighted by atomic mass is 16.6. The van der Waals surface area contributed by atoms with Crippen LogP contribution >= 0.6 is 0 Å². The molecule has 1 aliphatic heterocycles. The molecule has 0 radical (unpaired) electrons. The molecule has 1 heterocycles. The minimum atomic E-state index is -0.271. The molecular formula is C7H14N2O2. The van der Waals surface area contributed by atoms with Gasteiger partial charge in [-0.25, -0.2) is 4.79 Å². The smallest absolute Gasteiger partial charge is 0.411 e. The van der Waals surface area contributed by atoms with E-state index in [4.69, 9.17) is 5.73 Å². The number of amides is 1. The molecule has 0 aromatic heterocycles. The first-order chi connectivity index (χ1) is 5.34. The van der Waals surface area contributed by atoms with Gasteiger partial charge in [-0.3, -0.25) is 5.73 Å². The predicted octanol–water partition coefficient (Wildman–Crippen LogP) is 0.525. The number of ether oxygens (including phenoxy) is 1.